The minimum atomic E-state index is -0.522. The van der Waals surface area contributed by atoms with Gasteiger partial charge < -0.3 is 15.4 Å². The van der Waals surface area contributed by atoms with Gasteiger partial charge in [0.15, 0.2) is 4.34 Å². The van der Waals surface area contributed by atoms with Crippen molar-refractivity contribution < 1.29 is 14.5 Å². The number of hydrogen-bond acceptors (Lipinski definition) is 9. The van der Waals surface area contributed by atoms with Crippen LogP contribution in [0.2, 0.25) is 0 Å². The van der Waals surface area contributed by atoms with Crippen molar-refractivity contribution in [3.8, 4) is 5.75 Å². The Bertz CT molecular complexity index is 768. The van der Waals surface area contributed by atoms with Crippen molar-refractivity contribution in [2.75, 3.05) is 30.0 Å². The van der Waals surface area contributed by atoms with E-state index in [-0.39, 0.29) is 23.1 Å². The monoisotopic (exact) mass is 397 g/mol. The van der Waals surface area contributed by atoms with Gasteiger partial charge in [-0.3, -0.25) is 14.9 Å². The summed E-state index contributed by atoms with van der Waals surface area (Å²) in [6.07, 6.45) is 2.15. The Labute approximate surface area is 158 Å². The zero-order chi connectivity index (χ0) is 18.9. The molecule has 2 aromatic rings. The molecule has 1 heterocycles. The van der Waals surface area contributed by atoms with Crippen LogP contribution in [-0.4, -0.2) is 40.4 Å². The maximum absolute atomic E-state index is 12.1. The summed E-state index contributed by atoms with van der Waals surface area (Å²) in [6.45, 7) is 2.96. The maximum Gasteiger partial charge on any atom is 0.273 e. The summed E-state index contributed by atoms with van der Waals surface area (Å²) >= 11 is 2.67. The molecule has 0 saturated carbocycles. The Morgan fingerprint density at radius 1 is 1.42 bits per heavy atom. The molecule has 2 rings (SSSR count). The fourth-order valence-corrected chi connectivity index (χ4v) is 3.50. The van der Waals surface area contributed by atoms with Gasteiger partial charge in [-0.15, -0.1) is 10.2 Å². The molecule has 0 atom stereocenters. The fraction of sp³-hybridized carbons (Fsp3) is 0.400. The largest absolute Gasteiger partial charge is 0.494 e. The van der Waals surface area contributed by atoms with E-state index < -0.39 is 4.92 Å². The van der Waals surface area contributed by atoms with Gasteiger partial charge in [0.1, 0.15) is 5.75 Å². The number of hydrogen-bond donors (Lipinski definition) is 2. The predicted octanol–water partition coefficient (Wildman–Crippen LogP) is 3.40. The standard InChI is InChI=1S/C15H19N5O4S2/c1-3-4-7-16-14-18-19-15(26-14)25-9-13(21)17-11-6-5-10(20(22)23)8-12(11)24-2/h5-6,8H,3-4,7,9H2,1-2H3,(H,16,18)(H,17,21). The molecule has 0 unspecified atom stereocenters. The van der Waals surface area contributed by atoms with E-state index in [0.29, 0.717) is 10.0 Å². The first-order valence-electron chi connectivity index (χ1n) is 7.86. The number of anilines is 2. The van der Waals surface area contributed by atoms with Crippen LogP contribution < -0.4 is 15.4 Å². The van der Waals surface area contributed by atoms with Crippen LogP contribution in [0.1, 0.15) is 19.8 Å². The second kappa shape index (κ2) is 9.92. The highest BCUT2D eigenvalue weighted by Gasteiger charge is 2.14. The molecule has 0 fully saturated rings. The molecule has 1 amide bonds. The number of nitro benzene ring substituents is 1. The molecule has 9 nitrogen and oxygen atoms in total. The molecule has 1 aromatic carbocycles. The normalized spacial score (nSPS) is 10.4. The Balaban J connectivity index is 1.88. The third-order valence-electron chi connectivity index (χ3n) is 3.21. The molecule has 11 heteroatoms. The Morgan fingerprint density at radius 3 is 2.92 bits per heavy atom. The highest BCUT2D eigenvalue weighted by Crippen LogP contribution is 2.30. The molecule has 0 aliphatic rings. The number of ether oxygens (including phenoxy) is 1. The van der Waals surface area contributed by atoms with E-state index in [2.05, 4.69) is 27.8 Å². The number of nitrogens with zero attached hydrogens (tertiary/aromatic N) is 3. The van der Waals surface area contributed by atoms with E-state index >= 15 is 0 Å². The van der Waals surface area contributed by atoms with Crippen molar-refractivity contribution in [2.45, 2.75) is 24.1 Å². The van der Waals surface area contributed by atoms with Gasteiger partial charge in [-0.25, -0.2) is 0 Å². The van der Waals surface area contributed by atoms with E-state index in [1.165, 1.54) is 48.4 Å². The van der Waals surface area contributed by atoms with Crippen LogP contribution in [0.25, 0.3) is 0 Å². The number of carbonyl (C=O) groups is 1. The summed E-state index contributed by atoms with van der Waals surface area (Å²) in [7, 11) is 1.39. The number of rotatable bonds is 10. The van der Waals surface area contributed by atoms with Crippen LogP contribution in [0.3, 0.4) is 0 Å². The first-order chi connectivity index (χ1) is 12.5. The molecule has 0 radical (unpaired) electrons. The minimum Gasteiger partial charge on any atom is -0.494 e. The summed E-state index contributed by atoms with van der Waals surface area (Å²) < 4.78 is 5.79. The third kappa shape index (κ3) is 5.85. The highest BCUT2D eigenvalue weighted by molar-refractivity contribution is 8.01. The Hall–Kier alpha value is -2.40. The van der Waals surface area contributed by atoms with Crippen LogP contribution in [0.5, 0.6) is 5.75 Å². The molecule has 1 aromatic heterocycles. The lowest BCUT2D eigenvalue weighted by molar-refractivity contribution is -0.384. The van der Waals surface area contributed by atoms with Gasteiger partial charge in [-0.2, -0.15) is 0 Å². The van der Waals surface area contributed by atoms with Gasteiger partial charge in [-0.1, -0.05) is 36.4 Å². The van der Waals surface area contributed by atoms with Gasteiger partial charge in [-0.05, 0) is 12.5 Å². The number of unbranched alkanes of at least 4 members (excludes halogenated alkanes) is 1. The zero-order valence-electron chi connectivity index (χ0n) is 14.4. The molecule has 140 valence electrons. The van der Waals surface area contributed by atoms with E-state index in [9.17, 15) is 14.9 Å². The van der Waals surface area contributed by atoms with E-state index in [0.717, 1.165) is 24.5 Å². The highest BCUT2D eigenvalue weighted by atomic mass is 32.2. The topological polar surface area (TPSA) is 119 Å². The lowest BCUT2D eigenvalue weighted by Crippen LogP contribution is -2.14. The van der Waals surface area contributed by atoms with Crippen LogP contribution >= 0.6 is 23.1 Å². The lowest BCUT2D eigenvalue weighted by Gasteiger charge is -2.09. The number of nitro groups is 1. The lowest BCUT2D eigenvalue weighted by atomic mass is 10.2. The third-order valence-corrected chi connectivity index (χ3v) is 5.22. The number of non-ortho nitro benzene ring substituents is 1. The van der Waals surface area contributed by atoms with Crippen LogP contribution in [-0.2, 0) is 4.79 Å². The first-order valence-corrected chi connectivity index (χ1v) is 9.66. The molecule has 0 bridgehead atoms. The summed E-state index contributed by atoms with van der Waals surface area (Å²) in [4.78, 5) is 22.4. The number of aromatic nitrogens is 2. The predicted molar refractivity (Wildman–Crippen MR) is 102 cm³/mol. The van der Waals surface area contributed by atoms with Gasteiger partial charge in [0.05, 0.1) is 29.5 Å². The summed E-state index contributed by atoms with van der Waals surface area (Å²) in [5.41, 5.74) is 0.272. The van der Waals surface area contributed by atoms with Gasteiger partial charge in [0, 0.05) is 12.6 Å². The molecular weight excluding hydrogens is 378 g/mol. The average Bonchev–Trinajstić information content (AvgIpc) is 3.08. The van der Waals surface area contributed by atoms with Crippen molar-refractivity contribution in [3.05, 3.63) is 28.3 Å². The SMILES string of the molecule is CCCCNc1nnc(SCC(=O)Nc2ccc([N+](=O)[O-])cc2OC)s1. The summed E-state index contributed by atoms with van der Waals surface area (Å²) in [5, 5.41) is 25.4. The summed E-state index contributed by atoms with van der Waals surface area (Å²) in [5.74, 6) is 0.109. The number of thioether (sulfide) groups is 1. The van der Waals surface area contributed by atoms with Crippen LogP contribution in [0, 0.1) is 10.1 Å². The second-order valence-electron chi connectivity index (χ2n) is 5.13. The van der Waals surface area contributed by atoms with Crippen LogP contribution in [0.4, 0.5) is 16.5 Å². The quantitative estimate of drug-likeness (QED) is 0.271. The van der Waals surface area contributed by atoms with Gasteiger partial charge >= 0.3 is 0 Å². The van der Waals surface area contributed by atoms with Crippen molar-refractivity contribution in [1.82, 2.24) is 10.2 Å². The first kappa shape index (κ1) is 19.9. The maximum atomic E-state index is 12.1. The van der Waals surface area contributed by atoms with Crippen molar-refractivity contribution in [3.63, 3.8) is 0 Å². The number of nitrogens with one attached hydrogen (secondary N) is 2. The molecule has 0 aliphatic heterocycles. The minimum absolute atomic E-state index is 0.105. The smallest absolute Gasteiger partial charge is 0.273 e. The molecule has 26 heavy (non-hydrogen) atoms. The molecule has 0 aliphatic carbocycles. The molecular formula is C15H19N5O4S2. The number of amides is 1. The molecule has 0 spiro atoms. The number of methoxy groups -OCH3 is 1. The number of carbonyl (C=O) groups excluding carboxylic acids is 1. The van der Waals surface area contributed by atoms with Crippen LogP contribution in [0.15, 0.2) is 22.5 Å². The summed E-state index contributed by atoms with van der Waals surface area (Å²) in [6, 6.07) is 4.02. The van der Waals surface area contributed by atoms with Gasteiger partial charge in [0.25, 0.3) is 5.69 Å². The van der Waals surface area contributed by atoms with E-state index in [1.807, 2.05) is 0 Å². The van der Waals surface area contributed by atoms with Crippen molar-refractivity contribution >= 4 is 45.5 Å². The van der Waals surface area contributed by atoms with E-state index in [1.54, 1.807) is 0 Å². The molecule has 0 saturated heterocycles. The Kier molecular flexibility index (Phi) is 7.60. The van der Waals surface area contributed by atoms with Crippen molar-refractivity contribution in [2.24, 2.45) is 0 Å². The van der Waals surface area contributed by atoms with Crippen molar-refractivity contribution in [1.29, 1.82) is 0 Å². The van der Waals surface area contributed by atoms with E-state index in [4.69, 9.17) is 4.74 Å². The number of benzene rings is 1. The average molecular weight is 397 g/mol. The zero-order valence-corrected chi connectivity index (χ0v) is 16.0. The second-order valence-corrected chi connectivity index (χ2v) is 7.33. The fourth-order valence-electron chi connectivity index (χ4n) is 1.92. The van der Waals surface area contributed by atoms with Gasteiger partial charge in [0.2, 0.25) is 11.0 Å². The molecule has 2 N–H and O–H groups in total. The Morgan fingerprint density at radius 2 is 2.23 bits per heavy atom.